The van der Waals surface area contributed by atoms with Gasteiger partial charge in [-0.2, -0.15) is 5.10 Å². The second kappa shape index (κ2) is 9.46. The molecule has 1 aromatic heterocycles. The standard InChI is InChI=1S/C16H29N5O/c1-17-16(18-8-3-10-21-11-4-9-19-21)20(2)12-5-15-6-13-22-14-7-15/h4,9,11,15H,3,5-8,10,12-14H2,1-2H3,(H,17,18). The number of aromatic nitrogens is 2. The maximum Gasteiger partial charge on any atom is 0.193 e. The molecule has 0 aliphatic carbocycles. The van der Waals surface area contributed by atoms with Crippen LogP contribution in [0.15, 0.2) is 23.5 Å². The van der Waals surface area contributed by atoms with Crippen molar-refractivity contribution in [1.82, 2.24) is 20.0 Å². The molecule has 1 aliphatic heterocycles. The van der Waals surface area contributed by atoms with Gasteiger partial charge in [0.15, 0.2) is 5.96 Å². The number of hydrogen-bond acceptors (Lipinski definition) is 3. The Balaban J connectivity index is 1.62. The van der Waals surface area contributed by atoms with Gasteiger partial charge in [-0.1, -0.05) is 0 Å². The lowest BCUT2D eigenvalue weighted by Crippen LogP contribution is -2.40. The van der Waals surface area contributed by atoms with Crippen molar-refractivity contribution in [3.63, 3.8) is 0 Å². The Labute approximate surface area is 133 Å². The van der Waals surface area contributed by atoms with Gasteiger partial charge >= 0.3 is 0 Å². The van der Waals surface area contributed by atoms with Crippen LogP contribution >= 0.6 is 0 Å². The first kappa shape index (κ1) is 16.8. The number of ether oxygens (including phenoxy) is 1. The van der Waals surface area contributed by atoms with E-state index in [0.29, 0.717) is 0 Å². The number of aliphatic imine (C=N–C) groups is 1. The van der Waals surface area contributed by atoms with Gasteiger partial charge in [0.2, 0.25) is 0 Å². The molecule has 1 N–H and O–H groups in total. The fourth-order valence-electron chi connectivity index (χ4n) is 2.78. The van der Waals surface area contributed by atoms with Crippen LogP contribution in [0.1, 0.15) is 25.7 Å². The quantitative estimate of drug-likeness (QED) is 0.472. The smallest absolute Gasteiger partial charge is 0.193 e. The second-order valence-electron chi connectivity index (χ2n) is 5.86. The average Bonchev–Trinajstić information content (AvgIpc) is 3.07. The van der Waals surface area contributed by atoms with E-state index < -0.39 is 0 Å². The molecule has 0 bridgehead atoms. The van der Waals surface area contributed by atoms with Crippen LogP contribution in [0, 0.1) is 5.92 Å². The molecular weight excluding hydrogens is 278 g/mol. The molecule has 0 amide bonds. The fourth-order valence-corrected chi connectivity index (χ4v) is 2.78. The van der Waals surface area contributed by atoms with Gasteiger partial charge in [-0.25, -0.2) is 0 Å². The van der Waals surface area contributed by atoms with Crippen molar-refractivity contribution in [3.05, 3.63) is 18.5 Å². The summed E-state index contributed by atoms with van der Waals surface area (Å²) >= 11 is 0. The first-order valence-electron chi connectivity index (χ1n) is 8.26. The van der Waals surface area contributed by atoms with Gasteiger partial charge in [0, 0.05) is 59.3 Å². The molecular formula is C16H29N5O. The molecule has 2 heterocycles. The molecule has 124 valence electrons. The van der Waals surface area contributed by atoms with Crippen molar-refractivity contribution in [2.24, 2.45) is 10.9 Å². The Kier molecular flexibility index (Phi) is 7.22. The number of nitrogens with one attached hydrogen (secondary N) is 1. The molecule has 0 radical (unpaired) electrons. The summed E-state index contributed by atoms with van der Waals surface area (Å²) in [6.45, 7) is 4.74. The van der Waals surface area contributed by atoms with Crippen LogP contribution in [0.3, 0.4) is 0 Å². The van der Waals surface area contributed by atoms with Gasteiger partial charge < -0.3 is 15.0 Å². The lowest BCUT2D eigenvalue weighted by molar-refractivity contribution is 0.0625. The zero-order valence-electron chi connectivity index (χ0n) is 13.9. The van der Waals surface area contributed by atoms with Crippen molar-refractivity contribution in [1.29, 1.82) is 0 Å². The lowest BCUT2D eigenvalue weighted by Gasteiger charge is -2.26. The Bertz CT molecular complexity index is 426. The summed E-state index contributed by atoms with van der Waals surface area (Å²) < 4.78 is 7.37. The molecule has 1 fully saturated rings. The molecule has 1 aliphatic rings. The van der Waals surface area contributed by atoms with Gasteiger partial charge in [-0.05, 0) is 37.7 Å². The van der Waals surface area contributed by atoms with Gasteiger partial charge in [0.25, 0.3) is 0 Å². The van der Waals surface area contributed by atoms with E-state index in [1.807, 2.05) is 30.2 Å². The predicted octanol–water partition coefficient (Wildman–Crippen LogP) is 1.60. The molecule has 0 saturated carbocycles. The Hall–Kier alpha value is -1.56. The third-order valence-electron chi connectivity index (χ3n) is 4.19. The molecule has 6 nitrogen and oxygen atoms in total. The molecule has 1 saturated heterocycles. The van der Waals surface area contributed by atoms with Crippen molar-refractivity contribution in [2.75, 3.05) is 40.4 Å². The van der Waals surface area contributed by atoms with E-state index in [2.05, 4.69) is 27.4 Å². The van der Waals surface area contributed by atoms with Gasteiger partial charge in [0.05, 0.1) is 0 Å². The highest BCUT2D eigenvalue weighted by Gasteiger charge is 2.15. The maximum atomic E-state index is 5.41. The number of nitrogens with zero attached hydrogens (tertiary/aromatic N) is 4. The summed E-state index contributed by atoms with van der Waals surface area (Å²) in [4.78, 5) is 6.60. The van der Waals surface area contributed by atoms with E-state index >= 15 is 0 Å². The molecule has 6 heteroatoms. The third kappa shape index (κ3) is 5.67. The maximum absolute atomic E-state index is 5.41. The second-order valence-corrected chi connectivity index (χ2v) is 5.86. The number of hydrogen-bond donors (Lipinski definition) is 1. The van der Waals surface area contributed by atoms with Gasteiger partial charge in [-0.15, -0.1) is 0 Å². The minimum atomic E-state index is 0.800. The molecule has 0 spiro atoms. The van der Waals surface area contributed by atoms with Crippen molar-refractivity contribution in [3.8, 4) is 0 Å². The van der Waals surface area contributed by atoms with Crippen molar-refractivity contribution >= 4 is 5.96 Å². The highest BCUT2D eigenvalue weighted by atomic mass is 16.5. The summed E-state index contributed by atoms with van der Waals surface area (Å²) in [7, 11) is 3.96. The third-order valence-corrected chi connectivity index (χ3v) is 4.19. The highest BCUT2D eigenvalue weighted by molar-refractivity contribution is 5.79. The van der Waals surface area contributed by atoms with Gasteiger partial charge in [-0.3, -0.25) is 9.67 Å². The van der Waals surface area contributed by atoms with Crippen LogP contribution in [0.4, 0.5) is 0 Å². The van der Waals surface area contributed by atoms with Gasteiger partial charge in [0.1, 0.15) is 0 Å². The summed E-state index contributed by atoms with van der Waals surface area (Å²) in [5, 5.41) is 7.64. The van der Waals surface area contributed by atoms with Crippen LogP contribution in [0.5, 0.6) is 0 Å². The number of rotatable bonds is 7. The van der Waals surface area contributed by atoms with E-state index in [9.17, 15) is 0 Å². The monoisotopic (exact) mass is 307 g/mol. The molecule has 2 rings (SSSR count). The van der Waals surface area contributed by atoms with E-state index in [-0.39, 0.29) is 0 Å². The van der Waals surface area contributed by atoms with Crippen LogP contribution in [0.25, 0.3) is 0 Å². The summed E-state index contributed by atoms with van der Waals surface area (Å²) in [6, 6.07) is 1.95. The average molecular weight is 307 g/mol. The molecule has 0 aromatic carbocycles. The fraction of sp³-hybridized carbons (Fsp3) is 0.750. The van der Waals surface area contributed by atoms with Crippen LogP contribution in [-0.4, -0.2) is 61.0 Å². The first-order chi connectivity index (χ1) is 10.8. The molecule has 22 heavy (non-hydrogen) atoms. The Morgan fingerprint density at radius 3 is 2.95 bits per heavy atom. The van der Waals surface area contributed by atoms with Crippen molar-refractivity contribution in [2.45, 2.75) is 32.2 Å². The SMILES string of the molecule is CN=C(NCCCn1cccn1)N(C)CCC1CCOCC1. The number of guanidine groups is 1. The molecule has 0 unspecified atom stereocenters. The van der Waals surface area contributed by atoms with Crippen LogP contribution in [0.2, 0.25) is 0 Å². The van der Waals surface area contributed by atoms with E-state index in [0.717, 1.165) is 51.1 Å². The largest absolute Gasteiger partial charge is 0.381 e. The van der Waals surface area contributed by atoms with E-state index in [1.165, 1.54) is 19.3 Å². The van der Waals surface area contributed by atoms with Crippen LogP contribution in [-0.2, 0) is 11.3 Å². The minimum Gasteiger partial charge on any atom is -0.381 e. The number of aryl methyl sites for hydroxylation is 1. The zero-order valence-corrected chi connectivity index (χ0v) is 13.9. The van der Waals surface area contributed by atoms with E-state index in [4.69, 9.17) is 4.74 Å². The van der Waals surface area contributed by atoms with E-state index in [1.54, 1.807) is 0 Å². The Morgan fingerprint density at radius 1 is 1.45 bits per heavy atom. The molecule has 0 atom stereocenters. The topological polar surface area (TPSA) is 54.7 Å². The minimum absolute atomic E-state index is 0.800. The zero-order chi connectivity index (χ0) is 15.6. The Morgan fingerprint density at radius 2 is 2.27 bits per heavy atom. The first-order valence-corrected chi connectivity index (χ1v) is 8.26. The summed E-state index contributed by atoms with van der Waals surface area (Å²) in [5.41, 5.74) is 0. The van der Waals surface area contributed by atoms with Crippen molar-refractivity contribution < 1.29 is 4.74 Å². The predicted molar refractivity (Wildman–Crippen MR) is 89.0 cm³/mol. The molecule has 1 aromatic rings. The van der Waals surface area contributed by atoms with Crippen LogP contribution < -0.4 is 5.32 Å². The normalized spacial score (nSPS) is 16.7. The highest BCUT2D eigenvalue weighted by Crippen LogP contribution is 2.18. The lowest BCUT2D eigenvalue weighted by atomic mass is 9.96. The summed E-state index contributed by atoms with van der Waals surface area (Å²) in [6.07, 6.45) is 8.46. The summed E-state index contributed by atoms with van der Waals surface area (Å²) in [5.74, 6) is 1.78.